The van der Waals surface area contributed by atoms with E-state index in [0.29, 0.717) is 18.5 Å². The molecule has 0 aliphatic carbocycles. The highest BCUT2D eigenvalue weighted by molar-refractivity contribution is 5.78. The molecule has 4 nitrogen and oxygen atoms in total. The summed E-state index contributed by atoms with van der Waals surface area (Å²) in [6.45, 7) is 10.5. The van der Waals surface area contributed by atoms with Gasteiger partial charge in [0.15, 0.2) is 0 Å². The number of hydrogen-bond acceptors (Lipinski definition) is 3. The average Bonchev–Trinajstić information content (AvgIpc) is 2.28. The van der Waals surface area contributed by atoms with Crippen molar-refractivity contribution in [2.75, 3.05) is 32.7 Å². The summed E-state index contributed by atoms with van der Waals surface area (Å²) in [6.07, 6.45) is 2.03. The standard InChI is InChI=1S/C13H27N3O/c1-4-16(9-11(2)3)13(17)10-15-7-5-12(14)6-8-15/h11-12H,4-10,14H2,1-3H3. The van der Waals surface area contributed by atoms with E-state index in [2.05, 4.69) is 18.7 Å². The lowest BCUT2D eigenvalue weighted by Crippen LogP contribution is -2.46. The van der Waals surface area contributed by atoms with Crippen LogP contribution in [0, 0.1) is 5.92 Å². The van der Waals surface area contributed by atoms with Crippen LogP contribution in [0.4, 0.5) is 0 Å². The molecule has 0 unspecified atom stereocenters. The second kappa shape index (κ2) is 6.97. The van der Waals surface area contributed by atoms with E-state index < -0.39 is 0 Å². The van der Waals surface area contributed by atoms with E-state index in [1.807, 2.05) is 11.8 Å². The van der Waals surface area contributed by atoms with Crippen LogP contribution in [0.1, 0.15) is 33.6 Å². The largest absolute Gasteiger partial charge is 0.342 e. The minimum absolute atomic E-state index is 0.261. The SMILES string of the molecule is CCN(CC(C)C)C(=O)CN1CCC(N)CC1. The lowest BCUT2D eigenvalue weighted by Gasteiger charge is -2.32. The smallest absolute Gasteiger partial charge is 0.236 e. The van der Waals surface area contributed by atoms with Gasteiger partial charge >= 0.3 is 0 Å². The summed E-state index contributed by atoms with van der Waals surface area (Å²) in [4.78, 5) is 16.3. The number of likely N-dealkylation sites (N-methyl/N-ethyl adjacent to an activating group) is 1. The summed E-state index contributed by atoms with van der Waals surface area (Å²) in [5.41, 5.74) is 5.86. The van der Waals surface area contributed by atoms with Crippen molar-refractivity contribution in [1.82, 2.24) is 9.80 Å². The minimum Gasteiger partial charge on any atom is -0.342 e. The van der Waals surface area contributed by atoms with Crippen LogP contribution >= 0.6 is 0 Å². The van der Waals surface area contributed by atoms with Crippen molar-refractivity contribution in [1.29, 1.82) is 0 Å². The fourth-order valence-corrected chi connectivity index (χ4v) is 2.25. The quantitative estimate of drug-likeness (QED) is 0.778. The molecule has 1 aliphatic heterocycles. The topological polar surface area (TPSA) is 49.6 Å². The van der Waals surface area contributed by atoms with Gasteiger partial charge in [-0.15, -0.1) is 0 Å². The van der Waals surface area contributed by atoms with Gasteiger partial charge in [-0.3, -0.25) is 9.69 Å². The molecule has 2 N–H and O–H groups in total. The number of carbonyl (C=O) groups excluding carboxylic acids is 1. The van der Waals surface area contributed by atoms with E-state index in [1.54, 1.807) is 0 Å². The highest BCUT2D eigenvalue weighted by Crippen LogP contribution is 2.09. The second-order valence-corrected chi connectivity index (χ2v) is 5.44. The van der Waals surface area contributed by atoms with Crippen LogP contribution in [-0.4, -0.2) is 54.5 Å². The lowest BCUT2D eigenvalue weighted by atomic mass is 10.1. The zero-order valence-electron chi connectivity index (χ0n) is 11.5. The van der Waals surface area contributed by atoms with Gasteiger partial charge in [0.1, 0.15) is 0 Å². The number of nitrogens with two attached hydrogens (primary N) is 1. The molecular formula is C13H27N3O. The number of nitrogens with zero attached hydrogens (tertiary/aromatic N) is 2. The van der Waals surface area contributed by atoms with Gasteiger partial charge in [-0.2, -0.15) is 0 Å². The molecule has 100 valence electrons. The van der Waals surface area contributed by atoms with Crippen LogP contribution in [-0.2, 0) is 4.79 Å². The Morgan fingerprint density at radius 1 is 1.41 bits per heavy atom. The molecular weight excluding hydrogens is 214 g/mol. The molecule has 1 heterocycles. The zero-order chi connectivity index (χ0) is 12.8. The van der Waals surface area contributed by atoms with Crippen molar-refractivity contribution >= 4 is 5.91 Å². The molecule has 0 radical (unpaired) electrons. The molecule has 1 saturated heterocycles. The molecule has 1 rings (SSSR count). The first-order valence-corrected chi connectivity index (χ1v) is 6.78. The van der Waals surface area contributed by atoms with E-state index in [4.69, 9.17) is 5.73 Å². The average molecular weight is 241 g/mol. The van der Waals surface area contributed by atoms with Crippen molar-refractivity contribution in [3.8, 4) is 0 Å². The Morgan fingerprint density at radius 3 is 2.47 bits per heavy atom. The first-order chi connectivity index (χ1) is 8.02. The van der Waals surface area contributed by atoms with E-state index >= 15 is 0 Å². The Hall–Kier alpha value is -0.610. The third-order valence-corrected chi connectivity index (χ3v) is 3.31. The molecule has 17 heavy (non-hydrogen) atoms. The van der Waals surface area contributed by atoms with Gasteiger partial charge in [-0.25, -0.2) is 0 Å². The molecule has 0 bridgehead atoms. The summed E-state index contributed by atoms with van der Waals surface area (Å²) in [6, 6.07) is 0.333. The molecule has 1 aliphatic rings. The van der Waals surface area contributed by atoms with Crippen molar-refractivity contribution < 1.29 is 4.79 Å². The molecule has 0 spiro atoms. The minimum atomic E-state index is 0.261. The summed E-state index contributed by atoms with van der Waals surface area (Å²) in [5.74, 6) is 0.797. The van der Waals surface area contributed by atoms with Gasteiger partial charge in [-0.05, 0) is 25.7 Å². The normalized spacial score (nSPS) is 18.6. The monoisotopic (exact) mass is 241 g/mol. The van der Waals surface area contributed by atoms with Crippen molar-refractivity contribution in [3.63, 3.8) is 0 Å². The Balaban J connectivity index is 2.36. The maximum atomic E-state index is 12.1. The predicted molar refractivity (Wildman–Crippen MR) is 70.7 cm³/mol. The first-order valence-electron chi connectivity index (χ1n) is 6.78. The molecule has 0 atom stereocenters. The van der Waals surface area contributed by atoms with Crippen molar-refractivity contribution in [2.45, 2.75) is 39.7 Å². The maximum Gasteiger partial charge on any atom is 0.236 e. The third kappa shape index (κ3) is 5.04. The molecule has 0 saturated carbocycles. The van der Waals surface area contributed by atoms with Gasteiger partial charge in [0, 0.05) is 32.2 Å². The van der Waals surface area contributed by atoms with Crippen LogP contribution in [0.5, 0.6) is 0 Å². The number of amides is 1. The summed E-state index contributed by atoms with van der Waals surface area (Å²) in [5, 5.41) is 0. The molecule has 0 aromatic heterocycles. The van der Waals surface area contributed by atoms with Gasteiger partial charge in [0.2, 0.25) is 5.91 Å². The Morgan fingerprint density at radius 2 is 2.00 bits per heavy atom. The van der Waals surface area contributed by atoms with Crippen LogP contribution in [0.25, 0.3) is 0 Å². The summed E-state index contributed by atoms with van der Waals surface area (Å²) < 4.78 is 0. The number of rotatable bonds is 5. The molecule has 1 fully saturated rings. The molecule has 0 aromatic rings. The zero-order valence-corrected chi connectivity index (χ0v) is 11.5. The Bertz CT molecular complexity index is 235. The third-order valence-electron chi connectivity index (χ3n) is 3.31. The first kappa shape index (κ1) is 14.5. The van der Waals surface area contributed by atoms with Gasteiger partial charge in [0.25, 0.3) is 0 Å². The van der Waals surface area contributed by atoms with Crippen LogP contribution in [0.2, 0.25) is 0 Å². The number of carbonyl (C=O) groups is 1. The molecule has 0 aromatic carbocycles. The molecule has 1 amide bonds. The highest BCUT2D eigenvalue weighted by Gasteiger charge is 2.20. The van der Waals surface area contributed by atoms with Crippen LogP contribution < -0.4 is 5.73 Å². The van der Waals surface area contributed by atoms with Gasteiger partial charge < -0.3 is 10.6 Å². The summed E-state index contributed by atoms with van der Waals surface area (Å²) in [7, 11) is 0. The number of piperidine rings is 1. The van der Waals surface area contributed by atoms with E-state index in [0.717, 1.165) is 39.0 Å². The fourth-order valence-electron chi connectivity index (χ4n) is 2.25. The predicted octanol–water partition coefficient (Wildman–Crippen LogP) is 0.914. The van der Waals surface area contributed by atoms with Gasteiger partial charge in [-0.1, -0.05) is 13.8 Å². The number of likely N-dealkylation sites (tertiary alicyclic amines) is 1. The van der Waals surface area contributed by atoms with Crippen LogP contribution in [0.15, 0.2) is 0 Å². The maximum absolute atomic E-state index is 12.1. The lowest BCUT2D eigenvalue weighted by molar-refractivity contribution is -0.133. The van der Waals surface area contributed by atoms with E-state index in [-0.39, 0.29) is 5.91 Å². The Labute approximate surface area is 105 Å². The van der Waals surface area contributed by atoms with Crippen molar-refractivity contribution in [2.24, 2.45) is 11.7 Å². The highest BCUT2D eigenvalue weighted by atomic mass is 16.2. The van der Waals surface area contributed by atoms with E-state index in [9.17, 15) is 4.79 Å². The fraction of sp³-hybridized carbons (Fsp3) is 0.923. The Kier molecular flexibility index (Phi) is 5.92. The van der Waals surface area contributed by atoms with Gasteiger partial charge in [0.05, 0.1) is 6.54 Å². The summed E-state index contributed by atoms with van der Waals surface area (Å²) >= 11 is 0. The van der Waals surface area contributed by atoms with E-state index in [1.165, 1.54) is 0 Å². The van der Waals surface area contributed by atoms with Crippen molar-refractivity contribution in [3.05, 3.63) is 0 Å². The van der Waals surface area contributed by atoms with Crippen LogP contribution in [0.3, 0.4) is 0 Å². The second-order valence-electron chi connectivity index (χ2n) is 5.44. The number of hydrogen-bond donors (Lipinski definition) is 1. The molecule has 4 heteroatoms.